The molecule has 564 valence electrons. The topological polar surface area (TPSA) is 237 Å². The maximum Gasteiger partial charge on any atom is 0.472 e. The van der Waals surface area contributed by atoms with Crippen LogP contribution in [0.1, 0.15) is 389 Å². The van der Waals surface area contributed by atoms with Gasteiger partial charge in [0.15, 0.2) is 12.2 Å². The highest BCUT2D eigenvalue weighted by Gasteiger charge is 2.30. The molecule has 0 aromatic rings. The van der Waals surface area contributed by atoms with E-state index >= 15 is 0 Å². The molecule has 0 aliphatic rings. The van der Waals surface area contributed by atoms with Crippen molar-refractivity contribution in [2.45, 2.75) is 407 Å². The molecule has 2 unspecified atom stereocenters. The first-order chi connectivity index (χ1) is 45.7. The minimum atomic E-state index is -4.96. The van der Waals surface area contributed by atoms with Crippen LogP contribution in [0, 0.1) is 17.8 Å². The molecule has 0 aliphatic carbocycles. The Labute approximate surface area is 581 Å². The summed E-state index contributed by atoms with van der Waals surface area (Å²) in [4.78, 5) is 72.7. The van der Waals surface area contributed by atoms with E-state index in [-0.39, 0.29) is 25.7 Å². The van der Waals surface area contributed by atoms with E-state index in [9.17, 15) is 43.2 Å². The Kier molecular flexibility index (Phi) is 65.2. The van der Waals surface area contributed by atoms with Gasteiger partial charge in [0.2, 0.25) is 0 Å². The second kappa shape index (κ2) is 66.6. The zero-order valence-corrected chi connectivity index (χ0v) is 63.9. The van der Waals surface area contributed by atoms with Crippen LogP contribution in [-0.4, -0.2) is 96.7 Å². The summed E-state index contributed by atoms with van der Waals surface area (Å²) < 4.78 is 68.4. The third-order valence-corrected chi connectivity index (χ3v) is 19.5. The van der Waals surface area contributed by atoms with Crippen molar-refractivity contribution < 1.29 is 80.2 Å². The summed E-state index contributed by atoms with van der Waals surface area (Å²) in [6, 6.07) is 0. The fourth-order valence-corrected chi connectivity index (χ4v) is 13.2. The highest BCUT2D eigenvalue weighted by atomic mass is 31.2. The van der Waals surface area contributed by atoms with Crippen molar-refractivity contribution in [2.75, 3.05) is 39.6 Å². The van der Waals surface area contributed by atoms with Gasteiger partial charge in [-0.2, -0.15) is 0 Å². The first kappa shape index (κ1) is 93.1. The standard InChI is InChI=1S/C76H148O17P2/c1-8-9-10-11-12-36-43-50-57-73(78)86-63-72(93-76(81)60-53-46-39-32-35-42-49-56-69(6)7)66-91-95(84,85)89-62-70(77)61-88-94(82,83)90-65-71(64-87-74(79)58-51-44-37-30-26-22-19-15-17-21-25-29-34-41-48-55-68(4)5)92-75(80)59-52-45-38-31-27-23-18-14-13-16-20-24-28-33-40-47-54-67(2)3/h67-72,77H,8-66H2,1-7H3,(H,82,83)(H,84,85)/t70-,71-,72-/m1/s1. The molecule has 0 heterocycles. The average molecular weight is 1400 g/mol. The van der Waals surface area contributed by atoms with Gasteiger partial charge < -0.3 is 33.8 Å². The number of ether oxygens (including phenoxy) is 4. The van der Waals surface area contributed by atoms with Crippen LogP contribution in [0.4, 0.5) is 0 Å². The van der Waals surface area contributed by atoms with Crippen LogP contribution in [0.5, 0.6) is 0 Å². The van der Waals surface area contributed by atoms with Crippen LogP contribution in [0.3, 0.4) is 0 Å². The molecule has 95 heavy (non-hydrogen) atoms. The van der Waals surface area contributed by atoms with E-state index < -0.39 is 97.5 Å². The molecule has 0 amide bonds. The van der Waals surface area contributed by atoms with E-state index in [0.29, 0.717) is 31.6 Å². The Bertz CT molecular complexity index is 1850. The number of carbonyl (C=O) groups is 4. The molecule has 0 rings (SSSR count). The molecular weight excluding hydrogens is 1250 g/mol. The van der Waals surface area contributed by atoms with Gasteiger partial charge >= 0.3 is 39.5 Å². The van der Waals surface area contributed by atoms with Gasteiger partial charge in [0.25, 0.3) is 0 Å². The lowest BCUT2D eigenvalue weighted by Gasteiger charge is -2.21. The van der Waals surface area contributed by atoms with Gasteiger partial charge in [-0.25, -0.2) is 9.13 Å². The molecule has 0 radical (unpaired) electrons. The maximum atomic E-state index is 13.1. The fourth-order valence-electron chi connectivity index (χ4n) is 11.6. The fraction of sp³-hybridized carbons (Fsp3) is 0.947. The van der Waals surface area contributed by atoms with E-state index in [1.54, 1.807) is 0 Å². The molecule has 3 N–H and O–H groups in total. The number of hydrogen-bond donors (Lipinski definition) is 3. The highest BCUT2D eigenvalue weighted by molar-refractivity contribution is 7.47. The number of esters is 4. The van der Waals surface area contributed by atoms with Gasteiger partial charge in [0, 0.05) is 25.7 Å². The van der Waals surface area contributed by atoms with Crippen LogP contribution in [-0.2, 0) is 65.4 Å². The normalized spacial score (nSPS) is 14.1. The van der Waals surface area contributed by atoms with Crippen molar-refractivity contribution in [1.29, 1.82) is 0 Å². The van der Waals surface area contributed by atoms with Crippen molar-refractivity contribution in [3.8, 4) is 0 Å². The van der Waals surface area contributed by atoms with Crippen molar-refractivity contribution in [2.24, 2.45) is 17.8 Å². The zero-order valence-electron chi connectivity index (χ0n) is 62.1. The molecule has 17 nitrogen and oxygen atoms in total. The largest absolute Gasteiger partial charge is 0.472 e. The SMILES string of the molecule is CCCCCCCCCCC(=O)OC[C@H](COP(=O)(O)OC[C@H](O)COP(=O)(O)OC[C@@H](COC(=O)CCCCCCCCCCCCCCCCCC(C)C)OC(=O)CCCCCCCCCCCCCCCCCCC(C)C)OC(=O)CCCCCCCCCC(C)C. The molecule has 19 heteroatoms. The van der Waals surface area contributed by atoms with E-state index in [0.717, 1.165) is 108 Å². The van der Waals surface area contributed by atoms with Crippen LogP contribution in [0.2, 0.25) is 0 Å². The average Bonchev–Trinajstić information content (AvgIpc) is 2.38. The molecule has 0 saturated heterocycles. The summed E-state index contributed by atoms with van der Waals surface area (Å²) in [6.45, 7) is 11.9. The quantitative estimate of drug-likeness (QED) is 0.0222. The molecule has 0 aromatic heterocycles. The van der Waals surface area contributed by atoms with Crippen molar-refractivity contribution in [1.82, 2.24) is 0 Å². The Balaban J connectivity index is 5.19. The Morgan fingerprint density at radius 1 is 0.284 bits per heavy atom. The van der Waals surface area contributed by atoms with Crippen molar-refractivity contribution in [3.05, 3.63) is 0 Å². The van der Waals surface area contributed by atoms with Gasteiger partial charge in [-0.3, -0.25) is 37.3 Å². The van der Waals surface area contributed by atoms with Gasteiger partial charge in [-0.05, 0) is 43.4 Å². The molecule has 0 bridgehead atoms. The molecular formula is C76H148O17P2. The van der Waals surface area contributed by atoms with Crippen LogP contribution in [0.15, 0.2) is 0 Å². The number of aliphatic hydroxyl groups is 1. The lowest BCUT2D eigenvalue weighted by Crippen LogP contribution is -2.30. The summed E-state index contributed by atoms with van der Waals surface area (Å²) >= 11 is 0. The molecule has 0 saturated carbocycles. The zero-order chi connectivity index (χ0) is 70.1. The maximum absolute atomic E-state index is 13.1. The predicted molar refractivity (Wildman–Crippen MR) is 386 cm³/mol. The Morgan fingerprint density at radius 3 is 0.716 bits per heavy atom. The van der Waals surface area contributed by atoms with E-state index in [4.69, 9.17) is 37.0 Å². The molecule has 0 fully saturated rings. The van der Waals surface area contributed by atoms with Gasteiger partial charge in [-0.1, -0.05) is 337 Å². The van der Waals surface area contributed by atoms with Gasteiger partial charge in [-0.15, -0.1) is 0 Å². The summed E-state index contributed by atoms with van der Waals surface area (Å²) in [7, 11) is -9.91. The number of unbranched alkanes of at least 4 members (excludes halogenated alkanes) is 42. The lowest BCUT2D eigenvalue weighted by molar-refractivity contribution is -0.161. The van der Waals surface area contributed by atoms with E-state index in [1.807, 2.05) is 0 Å². The Hall–Kier alpha value is -1.94. The predicted octanol–water partition coefficient (Wildman–Crippen LogP) is 22.2. The summed E-state index contributed by atoms with van der Waals surface area (Å²) in [5.74, 6) is 0.189. The van der Waals surface area contributed by atoms with E-state index in [2.05, 4.69) is 48.5 Å². The highest BCUT2D eigenvalue weighted by Crippen LogP contribution is 2.45. The summed E-state index contributed by atoms with van der Waals surface area (Å²) in [6.07, 6.45) is 53.0. The molecule has 0 aliphatic heterocycles. The number of aliphatic hydroxyl groups excluding tert-OH is 1. The van der Waals surface area contributed by atoms with Crippen LogP contribution < -0.4 is 0 Å². The number of rotatable bonds is 74. The number of hydrogen-bond acceptors (Lipinski definition) is 15. The summed E-state index contributed by atoms with van der Waals surface area (Å²) in [5.41, 5.74) is 0. The monoisotopic (exact) mass is 1400 g/mol. The van der Waals surface area contributed by atoms with Gasteiger partial charge in [0.05, 0.1) is 26.4 Å². The number of carbonyl (C=O) groups excluding carboxylic acids is 4. The lowest BCUT2D eigenvalue weighted by atomic mass is 10.0. The van der Waals surface area contributed by atoms with Crippen molar-refractivity contribution in [3.63, 3.8) is 0 Å². The van der Waals surface area contributed by atoms with Crippen LogP contribution >= 0.6 is 15.6 Å². The van der Waals surface area contributed by atoms with Gasteiger partial charge in [0.1, 0.15) is 19.3 Å². The minimum Gasteiger partial charge on any atom is -0.462 e. The molecule has 0 spiro atoms. The minimum absolute atomic E-state index is 0.103. The van der Waals surface area contributed by atoms with Crippen molar-refractivity contribution >= 4 is 39.5 Å². The van der Waals surface area contributed by atoms with Crippen LogP contribution in [0.25, 0.3) is 0 Å². The Morgan fingerprint density at radius 2 is 0.484 bits per heavy atom. The van der Waals surface area contributed by atoms with E-state index in [1.165, 1.54) is 193 Å². The third-order valence-electron chi connectivity index (χ3n) is 17.6. The number of phosphoric acid groups is 2. The summed E-state index contributed by atoms with van der Waals surface area (Å²) in [5, 5.41) is 10.6. The smallest absolute Gasteiger partial charge is 0.462 e. The second-order valence-corrected chi connectivity index (χ2v) is 31.7. The third kappa shape index (κ3) is 70.3. The second-order valence-electron chi connectivity index (χ2n) is 28.8. The first-order valence-electron chi connectivity index (χ1n) is 39.3. The first-order valence-corrected chi connectivity index (χ1v) is 42.3. The molecule has 0 aromatic carbocycles. The number of phosphoric ester groups is 2. The molecule has 5 atom stereocenters.